The van der Waals surface area contributed by atoms with E-state index in [0.717, 1.165) is 25.6 Å². The standard InChI is InChI=1S/C15H21N5.HI/c1-13-3-5-14(6-4-13)11-19-15(16-2)18-8-10-20-9-7-17-12-20;/h3-7,9,12H,8,10-11H2,1-2H3,(H2,16,18,19);1H. The summed E-state index contributed by atoms with van der Waals surface area (Å²) in [5.41, 5.74) is 2.52. The van der Waals surface area contributed by atoms with Crippen molar-refractivity contribution in [3.8, 4) is 0 Å². The molecule has 0 unspecified atom stereocenters. The fraction of sp³-hybridized carbons (Fsp3) is 0.333. The van der Waals surface area contributed by atoms with Crippen molar-refractivity contribution in [2.45, 2.75) is 20.0 Å². The second-order valence-electron chi connectivity index (χ2n) is 4.64. The second kappa shape index (κ2) is 9.38. The lowest BCUT2D eigenvalue weighted by molar-refractivity contribution is 0.661. The van der Waals surface area contributed by atoms with Gasteiger partial charge in [0.05, 0.1) is 6.33 Å². The number of benzene rings is 1. The van der Waals surface area contributed by atoms with E-state index in [2.05, 4.69) is 51.8 Å². The molecule has 0 saturated carbocycles. The van der Waals surface area contributed by atoms with Crippen molar-refractivity contribution >= 4 is 29.9 Å². The molecule has 0 fully saturated rings. The van der Waals surface area contributed by atoms with Gasteiger partial charge in [-0.25, -0.2) is 4.98 Å². The van der Waals surface area contributed by atoms with Gasteiger partial charge in [0.2, 0.25) is 0 Å². The summed E-state index contributed by atoms with van der Waals surface area (Å²) in [6.07, 6.45) is 5.54. The normalized spacial score (nSPS) is 10.9. The molecule has 1 aromatic carbocycles. The van der Waals surface area contributed by atoms with Gasteiger partial charge in [0.25, 0.3) is 0 Å². The van der Waals surface area contributed by atoms with Crippen LogP contribution in [0.25, 0.3) is 0 Å². The summed E-state index contributed by atoms with van der Waals surface area (Å²) in [6, 6.07) is 8.49. The molecule has 6 heteroatoms. The van der Waals surface area contributed by atoms with Crippen LogP contribution in [0.5, 0.6) is 0 Å². The summed E-state index contributed by atoms with van der Waals surface area (Å²) in [5, 5.41) is 6.58. The largest absolute Gasteiger partial charge is 0.355 e. The number of aryl methyl sites for hydroxylation is 1. The number of guanidine groups is 1. The van der Waals surface area contributed by atoms with Gasteiger partial charge < -0.3 is 15.2 Å². The Morgan fingerprint density at radius 2 is 2.00 bits per heavy atom. The zero-order chi connectivity index (χ0) is 14.2. The van der Waals surface area contributed by atoms with Crippen LogP contribution < -0.4 is 10.6 Å². The van der Waals surface area contributed by atoms with Crippen LogP contribution in [0.15, 0.2) is 48.0 Å². The van der Waals surface area contributed by atoms with Crippen LogP contribution in [0, 0.1) is 6.92 Å². The van der Waals surface area contributed by atoms with Gasteiger partial charge in [-0.3, -0.25) is 4.99 Å². The lowest BCUT2D eigenvalue weighted by atomic mass is 10.1. The van der Waals surface area contributed by atoms with Crippen LogP contribution >= 0.6 is 24.0 Å². The van der Waals surface area contributed by atoms with Crippen molar-refractivity contribution in [2.24, 2.45) is 4.99 Å². The Bertz CT molecular complexity index is 534. The minimum absolute atomic E-state index is 0. The van der Waals surface area contributed by atoms with Crippen molar-refractivity contribution in [2.75, 3.05) is 13.6 Å². The molecule has 0 atom stereocenters. The molecule has 2 aromatic rings. The minimum Gasteiger partial charge on any atom is -0.355 e. The van der Waals surface area contributed by atoms with E-state index in [0.29, 0.717) is 0 Å². The van der Waals surface area contributed by atoms with Crippen molar-refractivity contribution in [3.05, 3.63) is 54.1 Å². The van der Waals surface area contributed by atoms with Crippen LogP contribution in [0.1, 0.15) is 11.1 Å². The molecule has 0 spiro atoms. The van der Waals surface area contributed by atoms with Crippen LogP contribution in [-0.4, -0.2) is 29.1 Å². The third-order valence-electron chi connectivity index (χ3n) is 3.03. The molecule has 1 aromatic heterocycles. The number of aromatic nitrogens is 2. The summed E-state index contributed by atoms with van der Waals surface area (Å²) in [5.74, 6) is 0.811. The van der Waals surface area contributed by atoms with Gasteiger partial charge in [0.15, 0.2) is 5.96 Å². The van der Waals surface area contributed by atoms with E-state index in [1.165, 1.54) is 11.1 Å². The first-order valence-corrected chi connectivity index (χ1v) is 6.74. The Hall–Kier alpha value is -1.57. The van der Waals surface area contributed by atoms with Crippen LogP contribution in [0.2, 0.25) is 0 Å². The zero-order valence-electron chi connectivity index (χ0n) is 12.4. The van der Waals surface area contributed by atoms with E-state index >= 15 is 0 Å². The number of hydrogen-bond donors (Lipinski definition) is 2. The topological polar surface area (TPSA) is 54.2 Å². The lowest BCUT2D eigenvalue weighted by Crippen LogP contribution is -2.38. The Morgan fingerprint density at radius 1 is 1.24 bits per heavy atom. The van der Waals surface area contributed by atoms with Crippen LogP contribution in [0.3, 0.4) is 0 Å². The van der Waals surface area contributed by atoms with E-state index in [9.17, 15) is 0 Å². The third-order valence-corrected chi connectivity index (χ3v) is 3.03. The summed E-state index contributed by atoms with van der Waals surface area (Å²) >= 11 is 0. The molecular weight excluding hydrogens is 377 g/mol. The number of rotatable bonds is 5. The highest BCUT2D eigenvalue weighted by atomic mass is 127. The molecule has 0 aliphatic rings. The lowest BCUT2D eigenvalue weighted by Gasteiger charge is -2.12. The molecule has 114 valence electrons. The van der Waals surface area contributed by atoms with Crippen molar-refractivity contribution < 1.29 is 0 Å². The Labute approximate surface area is 142 Å². The second-order valence-corrected chi connectivity index (χ2v) is 4.64. The molecular formula is C15H22IN5. The molecule has 0 amide bonds. The molecule has 0 aliphatic carbocycles. The first-order valence-electron chi connectivity index (χ1n) is 6.74. The monoisotopic (exact) mass is 399 g/mol. The van der Waals surface area contributed by atoms with Gasteiger partial charge in [0, 0.05) is 39.1 Å². The minimum atomic E-state index is 0. The maximum atomic E-state index is 4.21. The third kappa shape index (κ3) is 6.16. The maximum absolute atomic E-state index is 4.21. The number of aliphatic imine (C=N–C) groups is 1. The molecule has 5 nitrogen and oxygen atoms in total. The van der Waals surface area contributed by atoms with Crippen LogP contribution in [-0.2, 0) is 13.1 Å². The average molecular weight is 399 g/mol. The fourth-order valence-corrected chi connectivity index (χ4v) is 1.83. The van der Waals surface area contributed by atoms with Crippen molar-refractivity contribution in [1.29, 1.82) is 0 Å². The SMILES string of the molecule is CN=C(NCCn1ccnc1)NCc1ccc(C)cc1.I. The average Bonchev–Trinajstić information content (AvgIpc) is 2.97. The summed E-state index contributed by atoms with van der Waals surface area (Å²) < 4.78 is 2.03. The predicted octanol–water partition coefficient (Wildman–Crippen LogP) is 2.17. The molecule has 2 N–H and O–H groups in total. The summed E-state index contributed by atoms with van der Waals surface area (Å²) in [4.78, 5) is 8.22. The zero-order valence-corrected chi connectivity index (χ0v) is 14.7. The van der Waals surface area contributed by atoms with E-state index in [1.807, 2.05) is 17.1 Å². The van der Waals surface area contributed by atoms with E-state index in [-0.39, 0.29) is 24.0 Å². The number of hydrogen-bond acceptors (Lipinski definition) is 2. The molecule has 0 aliphatic heterocycles. The molecule has 1 heterocycles. The van der Waals surface area contributed by atoms with E-state index in [1.54, 1.807) is 13.2 Å². The van der Waals surface area contributed by atoms with Gasteiger partial charge in [-0.2, -0.15) is 0 Å². The Morgan fingerprint density at radius 3 is 2.62 bits per heavy atom. The quantitative estimate of drug-likeness (QED) is 0.461. The molecule has 0 bridgehead atoms. The predicted molar refractivity (Wildman–Crippen MR) is 97.0 cm³/mol. The number of imidazole rings is 1. The van der Waals surface area contributed by atoms with Gasteiger partial charge in [-0.05, 0) is 12.5 Å². The van der Waals surface area contributed by atoms with Gasteiger partial charge >= 0.3 is 0 Å². The maximum Gasteiger partial charge on any atom is 0.191 e. The number of halogens is 1. The van der Waals surface area contributed by atoms with Crippen LogP contribution in [0.4, 0.5) is 0 Å². The summed E-state index contributed by atoms with van der Waals surface area (Å²) in [7, 11) is 1.78. The fourth-order valence-electron chi connectivity index (χ4n) is 1.83. The smallest absolute Gasteiger partial charge is 0.191 e. The summed E-state index contributed by atoms with van der Waals surface area (Å²) in [6.45, 7) is 4.54. The van der Waals surface area contributed by atoms with Gasteiger partial charge in [-0.15, -0.1) is 24.0 Å². The first-order chi connectivity index (χ1) is 9.78. The highest BCUT2D eigenvalue weighted by molar-refractivity contribution is 14.0. The molecule has 0 radical (unpaired) electrons. The molecule has 2 rings (SSSR count). The molecule has 21 heavy (non-hydrogen) atoms. The number of nitrogens with one attached hydrogen (secondary N) is 2. The van der Waals surface area contributed by atoms with Crippen molar-refractivity contribution in [3.63, 3.8) is 0 Å². The van der Waals surface area contributed by atoms with Gasteiger partial charge in [-0.1, -0.05) is 29.8 Å². The Balaban J connectivity index is 0.00000220. The first kappa shape index (κ1) is 17.5. The highest BCUT2D eigenvalue weighted by Gasteiger charge is 1.98. The Kier molecular flexibility index (Phi) is 7.81. The van der Waals surface area contributed by atoms with Gasteiger partial charge in [0.1, 0.15) is 0 Å². The number of nitrogens with zero attached hydrogens (tertiary/aromatic N) is 3. The van der Waals surface area contributed by atoms with E-state index < -0.39 is 0 Å². The highest BCUT2D eigenvalue weighted by Crippen LogP contribution is 2.02. The van der Waals surface area contributed by atoms with Crippen molar-refractivity contribution in [1.82, 2.24) is 20.2 Å². The van der Waals surface area contributed by atoms with E-state index in [4.69, 9.17) is 0 Å². The molecule has 0 saturated heterocycles.